The van der Waals surface area contributed by atoms with Gasteiger partial charge < -0.3 is 9.67 Å². The molecule has 2 heterocycles. The number of rotatable bonds is 3. The normalized spacial score (nSPS) is 10.4. The lowest BCUT2D eigenvalue weighted by Gasteiger charge is -2.08. The van der Waals surface area contributed by atoms with Crippen molar-refractivity contribution in [3.8, 4) is 0 Å². The van der Waals surface area contributed by atoms with E-state index in [1.165, 1.54) is 17.1 Å². The molecule has 0 aliphatic heterocycles. The molecule has 0 saturated heterocycles. The van der Waals surface area contributed by atoms with Crippen LogP contribution in [0.4, 0.5) is 0 Å². The predicted octanol–water partition coefficient (Wildman–Crippen LogP) is 1.91. The monoisotopic (exact) mass is 387 g/mol. The molecule has 0 bridgehead atoms. The number of aromatic nitrogens is 3. The number of halogens is 2. The van der Waals surface area contributed by atoms with Crippen molar-refractivity contribution in [1.82, 2.24) is 14.5 Å². The van der Waals surface area contributed by atoms with Crippen molar-refractivity contribution in [3.63, 3.8) is 0 Å². The van der Waals surface area contributed by atoms with Crippen LogP contribution in [0.15, 0.2) is 38.5 Å². The Balaban J connectivity index is 2.48. The molecule has 0 fully saturated rings. The third-order valence-electron chi connectivity index (χ3n) is 2.35. The van der Waals surface area contributed by atoms with E-state index in [-0.39, 0.29) is 23.4 Å². The van der Waals surface area contributed by atoms with E-state index in [0.717, 1.165) is 0 Å². The predicted molar refractivity (Wildman–Crippen MR) is 74.2 cm³/mol. The highest BCUT2D eigenvalue weighted by Crippen LogP contribution is 2.14. The molecule has 0 aromatic carbocycles. The lowest BCUT2D eigenvalue weighted by Crippen LogP contribution is -2.22. The van der Waals surface area contributed by atoms with Gasteiger partial charge in [0.05, 0.1) is 16.7 Å². The lowest BCUT2D eigenvalue weighted by atomic mass is 10.2. The molecule has 2 aromatic rings. The van der Waals surface area contributed by atoms with Crippen molar-refractivity contribution < 1.29 is 9.90 Å². The first-order chi connectivity index (χ1) is 8.99. The molecule has 0 radical (unpaired) electrons. The van der Waals surface area contributed by atoms with E-state index < -0.39 is 5.97 Å². The van der Waals surface area contributed by atoms with Crippen molar-refractivity contribution in [3.05, 3.63) is 55.3 Å². The van der Waals surface area contributed by atoms with Crippen molar-refractivity contribution in [2.24, 2.45) is 0 Å². The summed E-state index contributed by atoms with van der Waals surface area (Å²) in [6.45, 7) is 0.0566. The summed E-state index contributed by atoms with van der Waals surface area (Å²) in [5, 5.41) is 9.04. The van der Waals surface area contributed by atoms with Gasteiger partial charge in [-0.1, -0.05) is 0 Å². The molecule has 0 atom stereocenters. The molecule has 0 saturated carbocycles. The van der Waals surface area contributed by atoms with Gasteiger partial charge in [0.15, 0.2) is 0 Å². The highest BCUT2D eigenvalue weighted by atomic mass is 79.9. The first-order valence-corrected chi connectivity index (χ1v) is 6.65. The SMILES string of the molecule is O=C(O)c1cncnc1Cn1cc(Br)cc(Br)c1=O. The highest BCUT2D eigenvalue weighted by Gasteiger charge is 2.13. The molecule has 6 nitrogen and oxygen atoms in total. The summed E-state index contributed by atoms with van der Waals surface area (Å²) >= 11 is 6.41. The van der Waals surface area contributed by atoms with Gasteiger partial charge >= 0.3 is 5.97 Å². The summed E-state index contributed by atoms with van der Waals surface area (Å²) in [7, 11) is 0. The van der Waals surface area contributed by atoms with Gasteiger partial charge in [0.25, 0.3) is 5.56 Å². The smallest absolute Gasteiger partial charge is 0.339 e. The van der Waals surface area contributed by atoms with Crippen molar-refractivity contribution in [2.75, 3.05) is 0 Å². The van der Waals surface area contributed by atoms with Crippen LogP contribution in [0.1, 0.15) is 16.1 Å². The Hall–Kier alpha value is -1.54. The highest BCUT2D eigenvalue weighted by molar-refractivity contribution is 9.11. The summed E-state index contributed by atoms with van der Waals surface area (Å²) in [6, 6.07) is 1.62. The van der Waals surface area contributed by atoms with Gasteiger partial charge in [-0.2, -0.15) is 0 Å². The Bertz CT molecular complexity index is 700. The number of aromatic carboxylic acids is 1. The van der Waals surface area contributed by atoms with Gasteiger partial charge in [-0.15, -0.1) is 0 Å². The van der Waals surface area contributed by atoms with Gasteiger partial charge in [0.2, 0.25) is 0 Å². The Labute approximate surface area is 124 Å². The molecular formula is C11H7Br2N3O3. The van der Waals surface area contributed by atoms with Crippen molar-refractivity contribution in [1.29, 1.82) is 0 Å². The number of hydrogen-bond donors (Lipinski definition) is 1. The van der Waals surface area contributed by atoms with Crippen LogP contribution in [0.25, 0.3) is 0 Å². The third kappa shape index (κ3) is 3.07. The summed E-state index contributed by atoms with van der Waals surface area (Å²) in [4.78, 5) is 30.5. The molecule has 2 rings (SSSR count). The number of carboxylic acid groups (broad SMARTS) is 1. The zero-order chi connectivity index (χ0) is 14.0. The zero-order valence-electron chi connectivity index (χ0n) is 9.38. The molecule has 2 aromatic heterocycles. The number of carbonyl (C=O) groups is 1. The second-order valence-corrected chi connectivity index (χ2v) is 5.40. The van der Waals surface area contributed by atoms with Crippen molar-refractivity contribution >= 4 is 37.8 Å². The first-order valence-electron chi connectivity index (χ1n) is 5.06. The van der Waals surface area contributed by atoms with Gasteiger partial charge in [0, 0.05) is 16.9 Å². The molecule has 1 N–H and O–H groups in total. The maximum Gasteiger partial charge on any atom is 0.339 e. The van der Waals surface area contributed by atoms with Crippen LogP contribution in [-0.4, -0.2) is 25.6 Å². The van der Waals surface area contributed by atoms with Gasteiger partial charge in [-0.25, -0.2) is 14.8 Å². The molecule has 0 amide bonds. The van der Waals surface area contributed by atoms with Gasteiger partial charge in [0.1, 0.15) is 11.9 Å². The average molecular weight is 389 g/mol. The topological polar surface area (TPSA) is 85.1 Å². The Morgan fingerprint density at radius 1 is 1.42 bits per heavy atom. The molecule has 8 heteroatoms. The van der Waals surface area contributed by atoms with Crippen LogP contribution in [0.3, 0.4) is 0 Å². The van der Waals surface area contributed by atoms with Crippen LogP contribution in [0, 0.1) is 0 Å². The second-order valence-electron chi connectivity index (χ2n) is 3.63. The fourth-order valence-electron chi connectivity index (χ4n) is 1.50. The minimum absolute atomic E-state index is 0.0227. The van der Waals surface area contributed by atoms with Gasteiger partial charge in [-0.3, -0.25) is 4.79 Å². The van der Waals surface area contributed by atoms with E-state index in [1.807, 2.05) is 0 Å². The Kier molecular flexibility index (Phi) is 4.11. The van der Waals surface area contributed by atoms with E-state index >= 15 is 0 Å². The lowest BCUT2D eigenvalue weighted by molar-refractivity contribution is 0.0694. The summed E-state index contributed by atoms with van der Waals surface area (Å²) in [6.07, 6.45) is 4.03. The van der Waals surface area contributed by atoms with Crippen LogP contribution in [0.5, 0.6) is 0 Å². The van der Waals surface area contributed by atoms with Crippen LogP contribution < -0.4 is 5.56 Å². The number of hydrogen-bond acceptors (Lipinski definition) is 4. The minimum atomic E-state index is -1.13. The largest absolute Gasteiger partial charge is 0.478 e. The molecule has 0 aliphatic rings. The molecule has 0 unspecified atom stereocenters. The number of carboxylic acids is 1. The maximum absolute atomic E-state index is 11.9. The fourth-order valence-corrected chi connectivity index (χ4v) is 2.76. The number of pyridine rings is 1. The minimum Gasteiger partial charge on any atom is -0.478 e. The summed E-state index contributed by atoms with van der Waals surface area (Å²) < 4.78 is 2.45. The van der Waals surface area contributed by atoms with Crippen molar-refractivity contribution in [2.45, 2.75) is 6.54 Å². The molecule has 98 valence electrons. The quantitative estimate of drug-likeness (QED) is 0.867. The fraction of sp³-hybridized carbons (Fsp3) is 0.0909. The van der Waals surface area contributed by atoms with Crippen LogP contribution in [-0.2, 0) is 6.54 Å². The molecule has 0 spiro atoms. The van der Waals surface area contributed by atoms with E-state index in [0.29, 0.717) is 8.95 Å². The van der Waals surface area contributed by atoms with E-state index in [2.05, 4.69) is 41.8 Å². The summed E-state index contributed by atoms with van der Waals surface area (Å²) in [5.74, 6) is -1.13. The molecule has 19 heavy (non-hydrogen) atoms. The third-order valence-corrected chi connectivity index (χ3v) is 3.36. The van der Waals surface area contributed by atoms with E-state index in [4.69, 9.17) is 5.11 Å². The number of nitrogens with zero attached hydrogens (tertiary/aromatic N) is 3. The van der Waals surface area contributed by atoms with E-state index in [9.17, 15) is 9.59 Å². The average Bonchev–Trinajstić information content (AvgIpc) is 2.35. The first kappa shape index (κ1) is 13.9. The van der Waals surface area contributed by atoms with E-state index in [1.54, 1.807) is 12.3 Å². The van der Waals surface area contributed by atoms with Crippen LogP contribution >= 0.6 is 31.9 Å². The van der Waals surface area contributed by atoms with Crippen LogP contribution in [0.2, 0.25) is 0 Å². The van der Waals surface area contributed by atoms with Gasteiger partial charge in [-0.05, 0) is 37.9 Å². The zero-order valence-corrected chi connectivity index (χ0v) is 12.5. The Morgan fingerprint density at radius 3 is 2.84 bits per heavy atom. The summed E-state index contributed by atoms with van der Waals surface area (Å²) in [5.41, 5.74) is -0.0155. The standard InChI is InChI=1S/C11H7Br2N3O3/c12-6-1-8(13)10(17)16(3-6)4-9-7(11(18)19)2-14-5-15-9/h1-3,5H,4H2,(H,18,19). The second kappa shape index (κ2) is 5.62. The molecule has 0 aliphatic carbocycles. The molecular weight excluding hydrogens is 382 g/mol. The maximum atomic E-state index is 11.9. The Morgan fingerprint density at radius 2 is 2.16 bits per heavy atom.